The molecule has 0 saturated carbocycles. The molecule has 3 aromatic rings. The Morgan fingerprint density at radius 2 is 1.65 bits per heavy atom. The molecule has 1 heterocycles. The van der Waals surface area contributed by atoms with Gasteiger partial charge in [0, 0.05) is 16.3 Å². The van der Waals surface area contributed by atoms with Crippen LogP contribution in [0, 0.1) is 20.8 Å². The molecule has 8 heteroatoms. The van der Waals surface area contributed by atoms with Crippen molar-refractivity contribution in [1.29, 1.82) is 0 Å². The summed E-state index contributed by atoms with van der Waals surface area (Å²) >= 11 is 6.98. The molecular weight excluding hydrogens is 436 g/mol. The molecule has 0 spiro atoms. The standard InChI is InChI=1S/C23H21ClN2O4S/c1-12-7-5-10-17(13(12)2)25-21(28)19-14(3)18(23(29)30-4)22(31-19)26-20(27)15-8-6-9-16(24)11-15/h5-11H,1-4H3,(H,25,28)(H,26,27). The second-order valence-corrected chi connectivity index (χ2v) is 8.38. The van der Waals surface area contributed by atoms with Gasteiger partial charge in [-0.15, -0.1) is 11.3 Å². The smallest absolute Gasteiger partial charge is 0.341 e. The zero-order chi connectivity index (χ0) is 22.7. The third-order valence-corrected chi connectivity index (χ3v) is 6.35. The third-order valence-electron chi connectivity index (χ3n) is 4.91. The first-order chi connectivity index (χ1) is 14.7. The summed E-state index contributed by atoms with van der Waals surface area (Å²) in [6, 6.07) is 12.1. The molecule has 0 bridgehead atoms. The summed E-state index contributed by atoms with van der Waals surface area (Å²) in [5, 5.41) is 6.25. The van der Waals surface area contributed by atoms with E-state index in [-0.39, 0.29) is 16.5 Å². The van der Waals surface area contributed by atoms with Crippen LogP contribution in [0.3, 0.4) is 0 Å². The summed E-state index contributed by atoms with van der Waals surface area (Å²) < 4.78 is 4.87. The molecule has 160 valence electrons. The number of hydrogen-bond acceptors (Lipinski definition) is 5. The van der Waals surface area contributed by atoms with Gasteiger partial charge in [0.25, 0.3) is 11.8 Å². The monoisotopic (exact) mass is 456 g/mol. The van der Waals surface area contributed by atoms with Crippen LogP contribution in [0.15, 0.2) is 42.5 Å². The summed E-state index contributed by atoms with van der Waals surface area (Å²) in [4.78, 5) is 38.4. The Balaban J connectivity index is 1.96. The van der Waals surface area contributed by atoms with Crippen LogP contribution in [0.1, 0.15) is 47.1 Å². The van der Waals surface area contributed by atoms with Gasteiger partial charge in [-0.1, -0.05) is 29.8 Å². The van der Waals surface area contributed by atoms with Crippen molar-refractivity contribution in [3.8, 4) is 0 Å². The molecule has 0 fully saturated rings. The molecule has 0 radical (unpaired) electrons. The molecule has 3 rings (SSSR count). The fourth-order valence-electron chi connectivity index (χ4n) is 3.04. The highest BCUT2D eigenvalue weighted by molar-refractivity contribution is 7.19. The highest BCUT2D eigenvalue weighted by Gasteiger charge is 2.27. The summed E-state index contributed by atoms with van der Waals surface area (Å²) in [5.74, 6) is -1.46. The van der Waals surface area contributed by atoms with Crippen LogP contribution in [0.25, 0.3) is 0 Å². The van der Waals surface area contributed by atoms with Crippen molar-refractivity contribution < 1.29 is 19.1 Å². The zero-order valence-corrected chi connectivity index (χ0v) is 19.0. The Hall–Kier alpha value is -3.16. The second-order valence-electron chi connectivity index (χ2n) is 6.92. The lowest BCUT2D eigenvalue weighted by Crippen LogP contribution is -2.14. The predicted octanol–water partition coefficient (Wildman–Crippen LogP) is 5.62. The summed E-state index contributed by atoms with van der Waals surface area (Å²) in [6.45, 7) is 5.53. The number of amides is 2. The summed E-state index contributed by atoms with van der Waals surface area (Å²) in [5.41, 5.74) is 3.59. The maximum atomic E-state index is 13.0. The van der Waals surface area contributed by atoms with E-state index >= 15 is 0 Å². The lowest BCUT2D eigenvalue weighted by atomic mass is 10.1. The van der Waals surface area contributed by atoms with Gasteiger partial charge in [0.05, 0.1) is 17.6 Å². The van der Waals surface area contributed by atoms with Gasteiger partial charge in [-0.3, -0.25) is 9.59 Å². The van der Waals surface area contributed by atoms with Gasteiger partial charge in [-0.25, -0.2) is 4.79 Å². The highest BCUT2D eigenvalue weighted by atomic mass is 35.5. The van der Waals surface area contributed by atoms with E-state index in [1.807, 2.05) is 32.0 Å². The van der Waals surface area contributed by atoms with Crippen molar-refractivity contribution in [3.63, 3.8) is 0 Å². The van der Waals surface area contributed by atoms with Crippen molar-refractivity contribution >= 4 is 51.4 Å². The lowest BCUT2D eigenvalue weighted by molar-refractivity contribution is 0.0601. The van der Waals surface area contributed by atoms with E-state index in [2.05, 4.69) is 10.6 Å². The van der Waals surface area contributed by atoms with Crippen molar-refractivity contribution in [3.05, 3.63) is 80.2 Å². The molecule has 6 nitrogen and oxygen atoms in total. The topological polar surface area (TPSA) is 84.5 Å². The molecule has 0 saturated heterocycles. The van der Waals surface area contributed by atoms with E-state index in [9.17, 15) is 14.4 Å². The molecule has 0 aliphatic heterocycles. The van der Waals surface area contributed by atoms with Crippen LogP contribution < -0.4 is 10.6 Å². The lowest BCUT2D eigenvalue weighted by Gasteiger charge is -2.10. The molecule has 0 aliphatic rings. The number of ether oxygens (including phenoxy) is 1. The average molecular weight is 457 g/mol. The van der Waals surface area contributed by atoms with E-state index in [4.69, 9.17) is 16.3 Å². The second kappa shape index (κ2) is 9.32. The van der Waals surface area contributed by atoms with Gasteiger partial charge in [0.15, 0.2) is 0 Å². The van der Waals surface area contributed by atoms with Crippen molar-refractivity contribution in [2.75, 3.05) is 17.7 Å². The van der Waals surface area contributed by atoms with Gasteiger partial charge in [0.1, 0.15) is 5.00 Å². The number of rotatable bonds is 5. The normalized spacial score (nSPS) is 10.5. The average Bonchev–Trinajstić information content (AvgIpc) is 3.06. The molecule has 2 aromatic carbocycles. The number of nitrogens with one attached hydrogen (secondary N) is 2. The number of halogens is 1. The minimum Gasteiger partial charge on any atom is -0.465 e. The number of carbonyl (C=O) groups excluding carboxylic acids is 3. The van der Waals surface area contributed by atoms with Gasteiger partial charge in [-0.2, -0.15) is 0 Å². The van der Waals surface area contributed by atoms with E-state index in [1.54, 1.807) is 25.1 Å². The largest absolute Gasteiger partial charge is 0.465 e. The number of carbonyl (C=O) groups is 3. The van der Waals surface area contributed by atoms with E-state index < -0.39 is 11.9 Å². The Bertz CT molecular complexity index is 1190. The molecule has 31 heavy (non-hydrogen) atoms. The van der Waals surface area contributed by atoms with E-state index in [0.29, 0.717) is 26.7 Å². The van der Waals surface area contributed by atoms with Crippen molar-refractivity contribution in [1.82, 2.24) is 0 Å². The minimum atomic E-state index is -0.638. The van der Waals surface area contributed by atoms with Crippen LogP contribution in [-0.2, 0) is 4.74 Å². The number of benzene rings is 2. The molecule has 2 amide bonds. The molecule has 0 atom stereocenters. The number of thiophene rings is 1. The Kier molecular flexibility index (Phi) is 6.77. The first-order valence-corrected chi connectivity index (χ1v) is 10.6. The van der Waals surface area contributed by atoms with Crippen LogP contribution in [0.4, 0.5) is 10.7 Å². The van der Waals surface area contributed by atoms with E-state index in [0.717, 1.165) is 22.5 Å². The number of methoxy groups -OCH3 is 1. The molecule has 2 N–H and O–H groups in total. The van der Waals surface area contributed by atoms with Crippen molar-refractivity contribution in [2.24, 2.45) is 0 Å². The van der Waals surface area contributed by atoms with Gasteiger partial charge >= 0.3 is 5.97 Å². The molecule has 0 unspecified atom stereocenters. The van der Waals surface area contributed by atoms with Gasteiger partial charge < -0.3 is 15.4 Å². The van der Waals surface area contributed by atoms with Crippen LogP contribution in [0.5, 0.6) is 0 Å². The quantitative estimate of drug-likeness (QED) is 0.488. The Labute approximate surface area is 189 Å². The van der Waals surface area contributed by atoms with Crippen LogP contribution in [0.2, 0.25) is 5.02 Å². The molecule has 0 aliphatic carbocycles. The minimum absolute atomic E-state index is 0.147. The van der Waals surface area contributed by atoms with E-state index in [1.165, 1.54) is 13.2 Å². The summed E-state index contributed by atoms with van der Waals surface area (Å²) in [7, 11) is 1.25. The molecular formula is C23H21ClN2O4S. The van der Waals surface area contributed by atoms with Crippen LogP contribution in [-0.4, -0.2) is 24.9 Å². The fourth-order valence-corrected chi connectivity index (χ4v) is 4.31. The first kappa shape index (κ1) is 22.5. The Morgan fingerprint density at radius 1 is 0.935 bits per heavy atom. The third kappa shape index (κ3) is 4.78. The maximum absolute atomic E-state index is 13.0. The van der Waals surface area contributed by atoms with Gasteiger partial charge in [0.2, 0.25) is 0 Å². The maximum Gasteiger partial charge on any atom is 0.341 e. The number of anilines is 2. The number of aryl methyl sites for hydroxylation is 1. The predicted molar refractivity (Wildman–Crippen MR) is 124 cm³/mol. The number of esters is 1. The van der Waals surface area contributed by atoms with Gasteiger partial charge in [-0.05, 0) is 61.7 Å². The SMILES string of the molecule is COC(=O)c1c(NC(=O)c2cccc(Cl)c2)sc(C(=O)Nc2cccc(C)c2C)c1C. The van der Waals surface area contributed by atoms with Crippen molar-refractivity contribution in [2.45, 2.75) is 20.8 Å². The summed E-state index contributed by atoms with van der Waals surface area (Å²) in [6.07, 6.45) is 0. The highest BCUT2D eigenvalue weighted by Crippen LogP contribution is 2.35. The number of hydrogen-bond donors (Lipinski definition) is 2. The van der Waals surface area contributed by atoms with Crippen LogP contribution >= 0.6 is 22.9 Å². The first-order valence-electron chi connectivity index (χ1n) is 9.39. The molecule has 1 aromatic heterocycles. The fraction of sp³-hybridized carbons (Fsp3) is 0.174. The zero-order valence-electron chi connectivity index (χ0n) is 17.5. The Morgan fingerprint density at radius 3 is 2.32 bits per heavy atom.